The number of imide groups is 1. The van der Waals surface area contributed by atoms with Crippen molar-refractivity contribution >= 4 is 46.8 Å². The molecule has 180 valence electrons. The Morgan fingerprint density at radius 2 is 1.67 bits per heavy atom. The zero-order chi connectivity index (χ0) is 25.0. The minimum absolute atomic E-state index is 0.299. The number of amides is 3. The molecular weight excluding hydrogens is 478 g/mol. The molecular formula is C28H22ClN3O4. The molecule has 3 aliphatic rings. The molecule has 0 bridgehead atoms. The summed E-state index contributed by atoms with van der Waals surface area (Å²) >= 11 is 6.17. The lowest BCUT2D eigenvalue weighted by molar-refractivity contribution is -0.128. The molecule has 4 atom stereocenters. The van der Waals surface area contributed by atoms with Crippen molar-refractivity contribution in [2.75, 3.05) is 17.3 Å². The third-order valence-corrected chi connectivity index (χ3v) is 7.40. The number of hydrogen-bond donors (Lipinski definition) is 1. The van der Waals surface area contributed by atoms with Gasteiger partial charge in [-0.1, -0.05) is 54.1 Å². The highest BCUT2D eigenvalue weighted by Crippen LogP contribution is 2.53. The van der Waals surface area contributed by atoms with Crippen LogP contribution >= 0.6 is 11.6 Å². The summed E-state index contributed by atoms with van der Waals surface area (Å²) in [6.45, 7) is 0. The molecule has 0 radical (unpaired) electrons. The molecule has 0 aromatic heterocycles. The molecule has 3 amide bonds. The van der Waals surface area contributed by atoms with Gasteiger partial charge in [-0.05, 0) is 47.5 Å². The van der Waals surface area contributed by atoms with Crippen LogP contribution in [0, 0.1) is 11.8 Å². The molecule has 0 aliphatic carbocycles. The molecule has 2 saturated heterocycles. The van der Waals surface area contributed by atoms with Crippen LogP contribution in [0.3, 0.4) is 0 Å². The lowest BCUT2D eigenvalue weighted by Gasteiger charge is -2.35. The average Bonchev–Trinajstić information content (AvgIpc) is 3.37. The fourth-order valence-electron chi connectivity index (χ4n) is 5.67. The molecule has 8 heteroatoms. The number of rotatable bonds is 4. The average molecular weight is 500 g/mol. The number of para-hydroxylation sites is 1. The first-order valence-corrected chi connectivity index (χ1v) is 12.0. The molecule has 1 N–H and O–H groups in total. The van der Waals surface area contributed by atoms with Gasteiger partial charge in [-0.3, -0.25) is 14.4 Å². The van der Waals surface area contributed by atoms with E-state index in [0.717, 1.165) is 11.1 Å². The second kappa shape index (κ2) is 8.53. The van der Waals surface area contributed by atoms with Gasteiger partial charge in [0.2, 0.25) is 17.7 Å². The minimum atomic E-state index is -0.904. The number of fused-ring (bicyclic) bond motifs is 5. The van der Waals surface area contributed by atoms with Crippen LogP contribution in [-0.2, 0) is 14.4 Å². The highest BCUT2D eigenvalue weighted by molar-refractivity contribution is 6.31. The van der Waals surface area contributed by atoms with E-state index in [1.54, 1.807) is 42.5 Å². The molecule has 3 aromatic carbocycles. The Morgan fingerprint density at radius 1 is 0.944 bits per heavy atom. The monoisotopic (exact) mass is 499 g/mol. The van der Waals surface area contributed by atoms with Crippen molar-refractivity contribution in [1.82, 2.24) is 4.90 Å². The molecule has 2 fully saturated rings. The molecule has 0 unspecified atom stereocenters. The third kappa shape index (κ3) is 3.31. The summed E-state index contributed by atoms with van der Waals surface area (Å²) < 4.78 is 5.39. The van der Waals surface area contributed by atoms with Gasteiger partial charge in [0, 0.05) is 11.2 Å². The zero-order valence-corrected chi connectivity index (χ0v) is 20.1. The van der Waals surface area contributed by atoms with E-state index >= 15 is 0 Å². The zero-order valence-electron chi connectivity index (χ0n) is 19.3. The van der Waals surface area contributed by atoms with Crippen LogP contribution < -0.4 is 15.0 Å². The van der Waals surface area contributed by atoms with E-state index in [2.05, 4.69) is 5.32 Å². The van der Waals surface area contributed by atoms with Gasteiger partial charge >= 0.3 is 0 Å². The summed E-state index contributed by atoms with van der Waals surface area (Å²) in [5, 5.41) is 3.33. The molecule has 6 rings (SSSR count). The number of halogens is 1. The maximum atomic E-state index is 13.8. The van der Waals surface area contributed by atoms with E-state index in [1.165, 1.54) is 12.0 Å². The standard InChI is InChI=1S/C28H22ClN3O4/c1-36-21-12-11-17(29)15-20(21)30-26(33)25-23-22(24-19-10-6-5-7-16(19)13-14-31(24)25)27(34)32(28(23)35)18-8-3-2-4-9-18/h2-15,22-25H,1H3,(H,30,33)/t22-,23-,24+,25+/m1/s1. The number of carbonyl (C=O) groups excluding carboxylic acids is 3. The van der Waals surface area contributed by atoms with Crippen LogP contribution in [0.2, 0.25) is 5.02 Å². The lowest BCUT2D eigenvalue weighted by Crippen LogP contribution is -2.46. The van der Waals surface area contributed by atoms with E-state index in [0.29, 0.717) is 22.1 Å². The molecule has 0 spiro atoms. The van der Waals surface area contributed by atoms with Gasteiger partial charge in [0.1, 0.15) is 11.8 Å². The van der Waals surface area contributed by atoms with Gasteiger partial charge in [0.05, 0.1) is 36.4 Å². The second-order valence-corrected chi connectivity index (χ2v) is 9.45. The quantitative estimate of drug-likeness (QED) is 0.535. The Labute approximate surface area is 212 Å². The van der Waals surface area contributed by atoms with Crippen LogP contribution in [0.15, 0.2) is 79.0 Å². The van der Waals surface area contributed by atoms with Crippen molar-refractivity contribution < 1.29 is 19.1 Å². The lowest BCUT2D eigenvalue weighted by atomic mass is 9.84. The van der Waals surface area contributed by atoms with Gasteiger partial charge in [-0.15, -0.1) is 0 Å². The smallest absolute Gasteiger partial charge is 0.248 e. The number of anilines is 2. The van der Waals surface area contributed by atoms with Crippen molar-refractivity contribution in [3.63, 3.8) is 0 Å². The topological polar surface area (TPSA) is 79.0 Å². The highest BCUT2D eigenvalue weighted by atomic mass is 35.5. The van der Waals surface area contributed by atoms with E-state index < -0.39 is 29.8 Å². The predicted molar refractivity (Wildman–Crippen MR) is 136 cm³/mol. The number of carbonyl (C=O) groups is 3. The minimum Gasteiger partial charge on any atom is -0.495 e. The Hall–Kier alpha value is -4.10. The van der Waals surface area contributed by atoms with Crippen molar-refractivity contribution in [3.8, 4) is 5.75 Å². The van der Waals surface area contributed by atoms with Gasteiger partial charge in [0.15, 0.2) is 0 Å². The first-order chi connectivity index (χ1) is 17.5. The molecule has 7 nitrogen and oxygen atoms in total. The number of nitrogens with one attached hydrogen (secondary N) is 1. The van der Waals surface area contributed by atoms with Crippen LogP contribution in [0.25, 0.3) is 6.08 Å². The van der Waals surface area contributed by atoms with E-state index in [4.69, 9.17) is 16.3 Å². The number of hydrogen-bond acceptors (Lipinski definition) is 5. The van der Waals surface area contributed by atoms with Gasteiger partial charge < -0.3 is 15.0 Å². The first-order valence-electron chi connectivity index (χ1n) is 11.6. The summed E-state index contributed by atoms with van der Waals surface area (Å²) in [6, 6.07) is 20.2. The normalized spacial score (nSPS) is 23.8. The Kier molecular flexibility index (Phi) is 5.30. The Morgan fingerprint density at radius 3 is 2.44 bits per heavy atom. The number of ether oxygens (including phenoxy) is 1. The van der Waals surface area contributed by atoms with Crippen LogP contribution in [0.5, 0.6) is 5.75 Å². The van der Waals surface area contributed by atoms with E-state index in [-0.39, 0.29) is 11.8 Å². The van der Waals surface area contributed by atoms with E-state index in [1.807, 2.05) is 47.5 Å². The van der Waals surface area contributed by atoms with Gasteiger partial charge in [-0.2, -0.15) is 0 Å². The first kappa shape index (κ1) is 22.4. The van der Waals surface area contributed by atoms with Crippen molar-refractivity contribution in [1.29, 1.82) is 0 Å². The summed E-state index contributed by atoms with van der Waals surface area (Å²) in [5.74, 6) is -2.21. The number of methoxy groups -OCH3 is 1. The molecule has 3 aromatic rings. The fraction of sp³-hybridized carbons (Fsp3) is 0.179. The number of nitrogens with zero attached hydrogens (tertiary/aromatic N) is 2. The summed E-state index contributed by atoms with van der Waals surface area (Å²) in [6.07, 6.45) is 3.73. The summed E-state index contributed by atoms with van der Waals surface area (Å²) in [4.78, 5) is 44.6. The van der Waals surface area contributed by atoms with Crippen LogP contribution in [0.1, 0.15) is 17.2 Å². The van der Waals surface area contributed by atoms with Crippen LogP contribution in [-0.4, -0.2) is 35.8 Å². The number of benzene rings is 3. The third-order valence-electron chi connectivity index (χ3n) is 7.16. The summed E-state index contributed by atoms with van der Waals surface area (Å²) in [5.41, 5.74) is 2.78. The van der Waals surface area contributed by atoms with Crippen LogP contribution in [0.4, 0.5) is 11.4 Å². The largest absolute Gasteiger partial charge is 0.495 e. The maximum Gasteiger partial charge on any atom is 0.248 e. The summed E-state index contributed by atoms with van der Waals surface area (Å²) in [7, 11) is 1.50. The van der Waals surface area contributed by atoms with Crippen molar-refractivity contribution in [3.05, 3.63) is 95.1 Å². The molecule has 3 aliphatic heterocycles. The fourth-order valence-corrected chi connectivity index (χ4v) is 5.85. The predicted octanol–water partition coefficient (Wildman–Crippen LogP) is 4.50. The van der Waals surface area contributed by atoms with Gasteiger partial charge in [-0.25, -0.2) is 4.90 Å². The molecule has 36 heavy (non-hydrogen) atoms. The second-order valence-electron chi connectivity index (χ2n) is 9.01. The SMILES string of the molecule is COc1ccc(Cl)cc1NC(=O)[C@@H]1[C@@H]2C(=O)N(c3ccccc3)C(=O)[C@H]2[C@@H]2c3ccccc3C=CN12. The van der Waals surface area contributed by atoms with Crippen molar-refractivity contribution in [2.24, 2.45) is 11.8 Å². The highest BCUT2D eigenvalue weighted by Gasteiger charge is 2.64. The van der Waals surface area contributed by atoms with Gasteiger partial charge in [0.25, 0.3) is 0 Å². The maximum absolute atomic E-state index is 13.8. The molecule has 0 saturated carbocycles. The van der Waals surface area contributed by atoms with E-state index in [9.17, 15) is 14.4 Å². The molecule has 3 heterocycles. The van der Waals surface area contributed by atoms with Crippen molar-refractivity contribution in [2.45, 2.75) is 12.1 Å². The Balaban J connectivity index is 1.45. The Bertz CT molecular complexity index is 1420.